The number of hydrogen-bond acceptors (Lipinski definition) is 4. The van der Waals surface area contributed by atoms with E-state index in [4.69, 9.17) is 0 Å². The van der Waals surface area contributed by atoms with Gasteiger partial charge in [-0.25, -0.2) is 8.42 Å². The van der Waals surface area contributed by atoms with E-state index in [1.165, 1.54) is 35.7 Å². The third kappa shape index (κ3) is 3.95. The van der Waals surface area contributed by atoms with Gasteiger partial charge in [-0.2, -0.15) is 0 Å². The quantitative estimate of drug-likeness (QED) is 0.653. The molecule has 158 valence electrons. The van der Waals surface area contributed by atoms with Gasteiger partial charge in [0.2, 0.25) is 5.43 Å². The minimum atomic E-state index is -3.91. The number of aryl methyl sites for hydroxylation is 2. The van der Waals surface area contributed by atoms with Crippen LogP contribution in [0, 0.1) is 13.8 Å². The van der Waals surface area contributed by atoms with E-state index in [9.17, 15) is 18.0 Å². The number of hydrogen-bond donors (Lipinski definition) is 2. The fraction of sp³-hybridized carbons (Fsp3) is 0.273. The Balaban J connectivity index is 2.11. The predicted octanol–water partition coefficient (Wildman–Crippen LogP) is 3.11. The number of aromatic nitrogens is 1. The number of benzene rings is 2. The highest BCUT2D eigenvalue weighted by Crippen LogP contribution is 2.27. The summed E-state index contributed by atoms with van der Waals surface area (Å²) in [5.74, 6) is -0.506. The van der Waals surface area contributed by atoms with Crippen LogP contribution in [0.2, 0.25) is 0 Å². The molecule has 0 unspecified atom stereocenters. The fourth-order valence-corrected chi connectivity index (χ4v) is 4.49. The second kappa shape index (κ2) is 7.95. The number of fused-ring (bicyclic) bond motifs is 1. The first-order valence-electron chi connectivity index (χ1n) is 9.55. The Labute approximate surface area is 175 Å². The maximum Gasteiger partial charge on any atom is 0.264 e. The Kier molecular flexibility index (Phi) is 5.72. The fourth-order valence-electron chi connectivity index (χ4n) is 3.21. The van der Waals surface area contributed by atoms with Crippen LogP contribution in [0.5, 0.6) is 0 Å². The molecule has 0 aliphatic heterocycles. The highest BCUT2D eigenvalue weighted by molar-refractivity contribution is 7.92. The molecule has 0 saturated heterocycles. The summed E-state index contributed by atoms with van der Waals surface area (Å²) in [5, 5.41) is 2.82. The average Bonchev–Trinajstić information content (AvgIpc) is 2.68. The van der Waals surface area contributed by atoms with E-state index < -0.39 is 21.4 Å². The summed E-state index contributed by atoms with van der Waals surface area (Å²) in [6.45, 7) is 7.32. The lowest BCUT2D eigenvalue weighted by Crippen LogP contribution is -2.33. The molecule has 0 saturated carbocycles. The zero-order chi connectivity index (χ0) is 22.2. The van der Waals surface area contributed by atoms with Crippen LogP contribution in [-0.2, 0) is 10.0 Å². The molecule has 0 aliphatic carbocycles. The minimum Gasteiger partial charge on any atom is -0.360 e. The van der Waals surface area contributed by atoms with E-state index in [2.05, 4.69) is 10.3 Å². The van der Waals surface area contributed by atoms with E-state index in [1.807, 2.05) is 26.0 Å². The highest BCUT2D eigenvalue weighted by atomic mass is 32.2. The maximum absolute atomic E-state index is 13.2. The standard InChI is InChI=1S/C22H25N3O4S/c1-13(2)24-22(27)18-12-23-19-9-8-16(11-17(19)21(18)26)30(28,29)25(5)20-10-14(3)6-7-15(20)4/h6-13H,1-5H3,(H,23,26)(H,24,27). The highest BCUT2D eigenvalue weighted by Gasteiger charge is 2.24. The Bertz CT molecular complexity index is 1290. The molecule has 0 aliphatic rings. The number of sulfonamides is 1. The zero-order valence-corrected chi connectivity index (χ0v) is 18.4. The molecule has 1 amide bonds. The minimum absolute atomic E-state index is 0.0228. The van der Waals surface area contributed by atoms with Crippen molar-refractivity contribution in [2.24, 2.45) is 0 Å². The average molecular weight is 428 g/mol. The summed E-state index contributed by atoms with van der Waals surface area (Å²) in [5.41, 5.74) is 2.19. The summed E-state index contributed by atoms with van der Waals surface area (Å²) < 4.78 is 27.7. The molecule has 2 N–H and O–H groups in total. The normalized spacial score (nSPS) is 11.7. The lowest BCUT2D eigenvalue weighted by atomic mass is 10.1. The van der Waals surface area contributed by atoms with Crippen molar-refractivity contribution >= 4 is 32.5 Å². The molecular formula is C22H25N3O4S. The number of anilines is 1. The Morgan fingerprint density at radius 1 is 1.10 bits per heavy atom. The largest absolute Gasteiger partial charge is 0.360 e. The number of nitrogens with zero attached hydrogens (tertiary/aromatic N) is 1. The number of carbonyl (C=O) groups excluding carboxylic acids is 1. The van der Waals surface area contributed by atoms with Crippen molar-refractivity contribution in [2.75, 3.05) is 11.4 Å². The molecule has 30 heavy (non-hydrogen) atoms. The van der Waals surface area contributed by atoms with Gasteiger partial charge >= 0.3 is 0 Å². The molecule has 7 nitrogen and oxygen atoms in total. The van der Waals surface area contributed by atoms with E-state index in [1.54, 1.807) is 19.9 Å². The van der Waals surface area contributed by atoms with Crippen LogP contribution in [0.15, 0.2) is 52.3 Å². The Hall–Kier alpha value is -3.13. The molecule has 0 bridgehead atoms. The number of H-pyrrole nitrogens is 1. The Morgan fingerprint density at radius 3 is 2.47 bits per heavy atom. The van der Waals surface area contributed by atoms with Crippen molar-refractivity contribution < 1.29 is 13.2 Å². The van der Waals surface area contributed by atoms with Gasteiger partial charge in [-0.05, 0) is 63.1 Å². The third-order valence-electron chi connectivity index (χ3n) is 4.88. The number of amides is 1. The summed E-state index contributed by atoms with van der Waals surface area (Å²) in [6.07, 6.45) is 1.35. The third-order valence-corrected chi connectivity index (χ3v) is 6.65. The molecule has 1 aromatic heterocycles. The van der Waals surface area contributed by atoms with Gasteiger partial charge in [-0.3, -0.25) is 13.9 Å². The molecule has 3 aromatic rings. The lowest BCUT2D eigenvalue weighted by molar-refractivity contribution is 0.0942. The zero-order valence-electron chi connectivity index (χ0n) is 17.6. The second-order valence-corrected chi connectivity index (χ2v) is 9.60. The summed E-state index contributed by atoms with van der Waals surface area (Å²) in [7, 11) is -2.43. The molecule has 2 aromatic carbocycles. The maximum atomic E-state index is 13.2. The molecule has 0 radical (unpaired) electrons. The van der Waals surface area contributed by atoms with Crippen LogP contribution < -0.4 is 15.1 Å². The SMILES string of the molecule is Cc1ccc(C)c(N(C)S(=O)(=O)c2ccc3[nH]cc(C(=O)NC(C)C)c(=O)c3c2)c1. The molecule has 0 atom stereocenters. The number of aromatic amines is 1. The number of pyridine rings is 1. The van der Waals surface area contributed by atoms with E-state index in [-0.39, 0.29) is 21.9 Å². The van der Waals surface area contributed by atoms with Crippen LogP contribution in [0.1, 0.15) is 35.3 Å². The van der Waals surface area contributed by atoms with Crippen LogP contribution >= 0.6 is 0 Å². The van der Waals surface area contributed by atoms with Crippen LogP contribution in [0.25, 0.3) is 10.9 Å². The molecular weight excluding hydrogens is 402 g/mol. The van der Waals surface area contributed by atoms with E-state index in [0.29, 0.717) is 11.2 Å². The van der Waals surface area contributed by atoms with Gasteiger partial charge in [-0.1, -0.05) is 12.1 Å². The van der Waals surface area contributed by atoms with Crippen molar-refractivity contribution in [3.05, 3.63) is 69.5 Å². The molecule has 0 fully saturated rings. The van der Waals surface area contributed by atoms with Crippen molar-refractivity contribution in [3.63, 3.8) is 0 Å². The van der Waals surface area contributed by atoms with Crippen molar-refractivity contribution in [2.45, 2.75) is 38.6 Å². The Morgan fingerprint density at radius 2 is 1.80 bits per heavy atom. The summed E-state index contributed by atoms with van der Waals surface area (Å²) in [4.78, 5) is 28.1. The van der Waals surface area contributed by atoms with Gasteiger partial charge in [0.05, 0.1) is 10.6 Å². The van der Waals surface area contributed by atoms with Crippen LogP contribution in [0.3, 0.4) is 0 Å². The second-order valence-electron chi connectivity index (χ2n) is 7.63. The molecule has 3 rings (SSSR count). The van der Waals surface area contributed by atoms with E-state index in [0.717, 1.165) is 11.1 Å². The van der Waals surface area contributed by atoms with Crippen molar-refractivity contribution in [1.82, 2.24) is 10.3 Å². The first-order valence-corrected chi connectivity index (χ1v) is 11.0. The molecule has 1 heterocycles. The molecule has 0 spiro atoms. The van der Waals surface area contributed by atoms with Gasteiger partial charge < -0.3 is 10.3 Å². The predicted molar refractivity (Wildman–Crippen MR) is 119 cm³/mol. The van der Waals surface area contributed by atoms with Crippen molar-refractivity contribution in [1.29, 1.82) is 0 Å². The number of carbonyl (C=O) groups is 1. The van der Waals surface area contributed by atoms with Gasteiger partial charge in [0.15, 0.2) is 0 Å². The monoisotopic (exact) mass is 427 g/mol. The number of rotatable bonds is 5. The first-order chi connectivity index (χ1) is 14.0. The van der Waals surface area contributed by atoms with Gasteiger partial charge in [0.25, 0.3) is 15.9 Å². The number of nitrogens with one attached hydrogen (secondary N) is 2. The van der Waals surface area contributed by atoms with Crippen LogP contribution in [-0.4, -0.2) is 32.4 Å². The van der Waals surface area contributed by atoms with Gasteiger partial charge in [0.1, 0.15) is 5.56 Å². The summed E-state index contributed by atoms with van der Waals surface area (Å²) >= 11 is 0. The smallest absolute Gasteiger partial charge is 0.264 e. The van der Waals surface area contributed by atoms with Crippen molar-refractivity contribution in [3.8, 4) is 0 Å². The van der Waals surface area contributed by atoms with Crippen LogP contribution in [0.4, 0.5) is 5.69 Å². The van der Waals surface area contributed by atoms with Gasteiger partial charge in [-0.15, -0.1) is 0 Å². The molecule has 8 heteroatoms. The summed E-state index contributed by atoms with van der Waals surface area (Å²) in [6, 6.07) is 9.74. The first kappa shape index (κ1) is 21.6. The lowest BCUT2D eigenvalue weighted by Gasteiger charge is -2.22. The van der Waals surface area contributed by atoms with Gasteiger partial charge in [0, 0.05) is 30.2 Å². The topological polar surface area (TPSA) is 99.3 Å². The van der Waals surface area contributed by atoms with E-state index >= 15 is 0 Å².